The zero-order valence-corrected chi connectivity index (χ0v) is 14.3. The first-order valence-electron chi connectivity index (χ1n) is 8.32. The van der Waals surface area contributed by atoms with Crippen LogP contribution in [-0.4, -0.2) is 49.4 Å². The summed E-state index contributed by atoms with van der Waals surface area (Å²) in [6.45, 7) is 3.23. The van der Waals surface area contributed by atoms with Crippen LogP contribution in [0.3, 0.4) is 0 Å². The summed E-state index contributed by atoms with van der Waals surface area (Å²) in [6.07, 6.45) is 1.76. The monoisotopic (exact) mass is 335 g/mol. The lowest BCUT2D eigenvalue weighted by atomic mass is 10.2. The number of methoxy groups -OCH3 is 1. The minimum Gasteiger partial charge on any atom is -0.467 e. The first-order valence-corrected chi connectivity index (χ1v) is 8.32. The molecule has 1 aromatic carbocycles. The van der Waals surface area contributed by atoms with Crippen molar-refractivity contribution in [2.24, 2.45) is 0 Å². The van der Waals surface area contributed by atoms with Gasteiger partial charge in [-0.1, -0.05) is 43.7 Å². The predicted octanol–water partition coefficient (Wildman–Crippen LogP) is 2.76. The van der Waals surface area contributed by atoms with Crippen LogP contribution >= 0.6 is 0 Å². The quantitative estimate of drug-likeness (QED) is 0.566. The molecule has 0 bridgehead atoms. The number of carbonyl (C=O) groups excluding carboxylic acids is 2. The van der Waals surface area contributed by atoms with Gasteiger partial charge in [-0.05, 0) is 12.0 Å². The van der Waals surface area contributed by atoms with Gasteiger partial charge in [0.2, 0.25) is 0 Å². The Morgan fingerprint density at radius 3 is 2.67 bits per heavy atom. The number of ether oxygens (including phenoxy) is 3. The molecule has 0 spiro atoms. The van der Waals surface area contributed by atoms with Crippen LogP contribution in [0.5, 0.6) is 0 Å². The van der Waals surface area contributed by atoms with Gasteiger partial charge in [0.1, 0.15) is 12.6 Å². The molecular formula is C18H25NO5. The lowest BCUT2D eigenvalue weighted by Crippen LogP contribution is -2.41. The Bertz CT molecular complexity index is 533. The van der Waals surface area contributed by atoms with Gasteiger partial charge in [0.05, 0.1) is 19.8 Å². The molecule has 2 rings (SSSR count). The van der Waals surface area contributed by atoms with E-state index in [1.807, 2.05) is 30.3 Å². The molecule has 1 fully saturated rings. The molecule has 1 aromatic rings. The van der Waals surface area contributed by atoms with E-state index in [-0.39, 0.29) is 12.7 Å². The third-order valence-corrected chi connectivity index (χ3v) is 4.03. The smallest absolute Gasteiger partial charge is 0.410 e. The normalized spacial score (nSPS) is 20.0. The number of nitrogens with zero attached hydrogens (tertiary/aromatic N) is 1. The Kier molecular flexibility index (Phi) is 7.06. The summed E-state index contributed by atoms with van der Waals surface area (Å²) in [7, 11) is 1.32. The van der Waals surface area contributed by atoms with Crippen molar-refractivity contribution in [1.82, 2.24) is 4.90 Å². The number of benzene rings is 1. The third kappa shape index (κ3) is 4.96. The van der Waals surface area contributed by atoms with Crippen molar-refractivity contribution in [2.75, 3.05) is 20.3 Å². The van der Waals surface area contributed by atoms with Gasteiger partial charge in [-0.2, -0.15) is 0 Å². The lowest BCUT2D eigenvalue weighted by molar-refractivity contribution is -0.145. The predicted molar refractivity (Wildman–Crippen MR) is 88.4 cm³/mol. The molecule has 1 amide bonds. The highest BCUT2D eigenvalue weighted by Gasteiger charge is 2.41. The van der Waals surface area contributed by atoms with E-state index in [1.165, 1.54) is 12.0 Å². The minimum absolute atomic E-state index is 0.162. The van der Waals surface area contributed by atoms with Crippen molar-refractivity contribution in [1.29, 1.82) is 0 Å². The second kappa shape index (κ2) is 9.27. The van der Waals surface area contributed by atoms with Crippen molar-refractivity contribution in [3.63, 3.8) is 0 Å². The Hall–Kier alpha value is -2.08. The molecule has 0 aliphatic carbocycles. The number of likely N-dealkylation sites (tertiary alicyclic amines) is 1. The second-order valence-electron chi connectivity index (χ2n) is 5.81. The Morgan fingerprint density at radius 2 is 2.00 bits per heavy atom. The number of hydrogen-bond donors (Lipinski definition) is 0. The van der Waals surface area contributed by atoms with Gasteiger partial charge in [-0.25, -0.2) is 9.59 Å². The molecule has 0 unspecified atom stereocenters. The van der Waals surface area contributed by atoms with Gasteiger partial charge < -0.3 is 14.2 Å². The van der Waals surface area contributed by atoms with Gasteiger partial charge in [0.25, 0.3) is 0 Å². The average Bonchev–Trinajstić information content (AvgIpc) is 3.04. The zero-order chi connectivity index (χ0) is 17.4. The molecule has 0 N–H and O–H groups in total. The fourth-order valence-corrected chi connectivity index (χ4v) is 2.68. The number of amides is 1. The second-order valence-corrected chi connectivity index (χ2v) is 5.81. The van der Waals surface area contributed by atoms with Gasteiger partial charge in [-0.15, -0.1) is 0 Å². The summed E-state index contributed by atoms with van der Waals surface area (Å²) in [5, 5.41) is 0. The van der Waals surface area contributed by atoms with Crippen LogP contribution in [0, 0.1) is 0 Å². The molecule has 6 heteroatoms. The summed E-state index contributed by atoms with van der Waals surface area (Å²) in [4.78, 5) is 25.7. The first-order chi connectivity index (χ1) is 11.7. The van der Waals surface area contributed by atoms with E-state index < -0.39 is 18.1 Å². The number of unbranched alkanes of at least 4 members (excludes halogenated alkanes) is 1. The van der Waals surface area contributed by atoms with E-state index in [9.17, 15) is 9.59 Å². The highest BCUT2D eigenvalue weighted by atomic mass is 16.6. The Morgan fingerprint density at radius 1 is 1.25 bits per heavy atom. The molecule has 1 aliphatic rings. The fraction of sp³-hybridized carbons (Fsp3) is 0.556. The molecule has 0 aromatic heterocycles. The summed E-state index contributed by atoms with van der Waals surface area (Å²) in [5.74, 6) is -0.437. The standard InChI is InChI=1S/C18H25NO5/c1-3-4-10-23-15-11-16(17(20)22-2)19(12-15)18(21)24-13-14-8-6-5-7-9-14/h5-9,15-16H,3-4,10-13H2,1-2H3/t15-,16+/m1/s1. The topological polar surface area (TPSA) is 65.1 Å². The van der Waals surface area contributed by atoms with Crippen molar-refractivity contribution >= 4 is 12.1 Å². The van der Waals surface area contributed by atoms with Crippen molar-refractivity contribution < 1.29 is 23.8 Å². The number of carbonyl (C=O) groups is 2. The van der Waals surface area contributed by atoms with Crippen molar-refractivity contribution in [2.45, 2.75) is 44.9 Å². The number of esters is 1. The summed E-state index contributed by atoms with van der Waals surface area (Å²) in [6, 6.07) is 8.78. The maximum Gasteiger partial charge on any atom is 0.410 e. The van der Waals surface area contributed by atoms with Crippen LogP contribution in [0.4, 0.5) is 4.79 Å². The van der Waals surface area contributed by atoms with Crippen molar-refractivity contribution in [3.8, 4) is 0 Å². The third-order valence-electron chi connectivity index (χ3n) is 4.03. The lowest BCUT2D eigenvalue weighted by Gasteiger charge is -2.21. The molecule has 2 atom stereocenters. The van der Waals surface area contributed by atoms with Crippen LogP contribution in [0.15, 0.2) is 30.3 Å². The van der Waals surface area contributed by atoms with E-state index >= 15 is 0 Å². The average molecular weight is 335 g/mol. The van der Waals surface area contributed by atoms with Gasteiger partial charge >= 0.3 is 12.1 Å². The van der Waals surface area contributed by atoms with Gasteiger partial charge in [-0.3, -0.25) is 4.90 Å². The van der Waals surface area contributed by atoms with Gasteiger partial charge in [0.15, 0.2) is 0 Å². The SMILES string of the molecule is CCCCO[C@@H]1C[C@@H](C(=O)OC)N(C(=O)OCc2ccccc2)C1. The summed E-state index contributed by atoms with van der Waals surface area (Å²) >= 11 is 0. The summed E-state index contributed by atoms with van der Waals surface area (Å²) < 4.78 is 15.9. The van der Waals surface area contributed by atoms with Crippen LogP contribution in [0.2, 0.25) is 0 Å². The molecule has 1 aliphatic heterocycles. The molecule has 0 saturated carbocycles. The summed E-state index contributed by atoms with van der Waals surface area (Å²) in [5.41, 5.74) is 0.899. The van der Waals surface area contributed by atoms with E-state index in [4.69, 9.17) is 14.2 Å². The Labute approximate surface area is 142 Å². The van der Waals surface area contributed by atoms with E-state index in [0.29, 0.717) is 19.6 Å². The minimum atomic E-state index is -0.648. The zero-order valence-electron chi connectivity index (χ0n) is 14.3. The molecule has 6 nitrogen and oxygen atoms in total. The first kappa shape index (κ1) is 18.3. The number of rotatable bonds is 7. The van der Waals surface area contributed by atoms with E-state index in [0.717, 1.165) is 18.4 Å². The highest BCUT2D eigenvalue weighted by molar-refractivity contribution is 5.82. The molecule has 1 heterocycles. The van der Waals surface area contributed by atoms with Crippen molar-refractivity contribution in [3.05, 3.63) is 35.9 Å². The largest absolute Gasteiger partial charge is 0.467 e. The molecular weight excluding hydrogens is 310 g/mol. The van der Waals surface area contributed by atoms with Crippen LogP contribution < -0.4 is 0 Å². The maximum atomic E-state index is 12.4. The molecule has 1 saturated heterocycles. The molecule has 0 radical (unpaired) electrons. The molecule has 24 heavy (non-hydrogen) atoms. The van der Waals surface area contributed by atoms with Gasteiger partial charge in [0, 0.05) is 13.0 Å². The van der Waals surface area contributed by atoms with E-state index in [2.05, 4.69) is 6.92 Å². The maximum absolute atomic E-state index is 12.4. The van der Waals surface area contributed by atoms with E-state index in [1.54, 1.807) is 0 Å². The van der Waals surface area contributed by atoms with Crippen LogP contribution in [0.25, 0.3) is 0 Å². The van der Waals surface area contributed by atoms with Crippen LogP contribution in [-0.2, 0) is 25.6 Å². The Balaban J connectivity index is 1.93. The molecule has 132 valence electrons. The van der Waals surface area contributed by atoms with Crippen LogP contribution in [0.1, 0.15) is 31.7 Å². The fourth-order valence-electron chi connectivity index (χ4n) is 2.68. The number of hydrogen-bond acceptors (Lipinski definition) is 5. The highest BCUT2D eigenvalue weighted by Crippen LogP contribution is 2.23.